The zero-order valence-electron chi connectivity index (χ0n) is 24.8. The second kappa shape index (κ2) is 12.4. The van der Waals surface area contributed by atoms with Crippen LogP contribution in [0.5, 0.6) is 0 Å². The molecule has 3 saturated carbocycles. The topological polar surface area (TPSA) is 26.3 Å². The van der Waals surface area contributed by atoms with Gasteiger partial charge < -0.3 is 4.74 Å². The van der Waals surface area contributed by atoms with Gasteiger partial charge in [-0.3, -0.25) is 4.79 Å². The lowest BCUT2D eigenvalue weighted by Crippen LogP contribution is -2.49. The summed E-state index contributed by atoms with van der Waals surface area (Å²) in [6, 6.07) is 0. The quantitative estimate of drug-likeness (QED) is 0.114. The van der Waals surface area contributed by atoms with Crippen molar-refractivity contribution in [3.8, 4) is 12.3 Å². The van der Waals surface area contributed by atoms with Gasteiger partial charge in [0.25, 0.3) is 0 Å². The van der Waals surface area contributed by atoms with E-state index >= 15 is 0 Å². The van der Waals surface area contributed by atoms with E-state index in [0.29, 0.717) is 23.4 Å². The molecule has 0 aliphatic heterocycles. The highest BCUT2D eigenvalue weighted by Gasteiger charge is 2.57. The maximum atomic E-state index is 11.3. The van der Waals surface area contributed by atoms with Gasteiger partial charge in [-0.15, -0.1) is 6.42 Å². The third-order valence-electron chi connectivity index (χ3n) is 11.7. The van der Waals surface area contributed by atoms with Gasteiger partial charge in [0.05, 0.1) is 6.10 Å². The van der Waals surface area contributed by atoms with E-state index in [2.05, 4.69) is 46.6 Å². The summed E-state index contributed by atoms with van der Waals surface area (Å²) >= 11 is 0. The minimum atomic E-state index is -0.0673. The average Bonchev–Trinajstić information content (AvgIpc) is 3.23. The number of unbranched alkanes of at least 4 members (excludes halogenated alkanes) is 2. The molecule has 0 aromatic carbocycles. The van der Waals surface area contributed by atoms with Crippen LogP contribution in [0.3, 0.4) is 0 Å². The molecular weight excluding hydrogens is 452 g/mol. The van der Waals surface area contributed by atoms with Crippen LogP contribution < -0.4 is 0 Å². The number of fused-ring (bicyclic) bond motifs is 5. The Morgan fingerprint density at radius 1 is 1.08 bits per heavy atom. The number of Topliss-reactive ketones (excluding diaryl/α,β-unsaturated/α-hetero) is 1. The lowest BCUT2D eigenvalue weighted by atomic mass is 9.48. The van der Waals surface area contributed by atoms with Gasteiger partial charge in [0, 0.05) is 13.0 Å². The standard InChI is InChI=1S/C35H56O2/c1-7-29(36)14-9-8-10-21-37-30-17-20-35(6)28(23-30)15-16-31-32(35)18-19-34(5)24-27(22-33(31)34)26(4)13-11-12-25(2)3/h1,15,25-27,30-33H,8-14,16-24H2,2-6H3/t26-,27?,30-,31-,32+,33?,34-,35+/m1/s1. The van der Waals surface area contributed by atoms with E-state index in [0.717, 1.165) is 67.8 Å². The first-order chi connectivity index (χ1) is 17.7. The molecule has 4 aliphatic carbocycles. The molecule has 2 nitrogen and oxygen atoms in total. The molecule has 0 spiro atoms. The number of rotatable bonds is 12. The number of ether oxygens (including phenoxy) is 1. The Balaban J connectivity index is 1.30. The minimum Gasteiger partial charge on any atom is -0.378 e. The first-order valence-electron chi connectivity index (χ1n) is 16.0. The molecule has 8 atom stereocenters. The van der Waals surface area contributed by atoms with Gasteiger partial charge in [-0.05, 0) is 116 Å². The minimum absolute atomic E-state index is 0.0673. The largest absolute Gasteiger partial charge is 0.378 e. The number of allylic oxidation sites excluding steroid dienone is 1. The molecule has 4 aliphatic rings. The van der Waals surface area contributed by atoms with E-state index < -0.39 is 0 Å². The third kappa shape index (κ3) is 6.57. The summed E-state index contributed by atoms with van der Waals surface area (Å²) in [6.45, 7) is 13.4. The first kappa shape index (κ1) is 28.9. The number of carbonyl (C=O) groups excluding carboxylic acids is 1. The fourth-order valence-electron chi connectivity index (χ4n) is 9.29. The average molecular weight is 509 g/mol. The van der Waals surface area contributed by atoms with Crippen molar-refractivity contribution >= 4 is 5.78 Å². The smallest absolute Gasteiger partial charge is 0.205 e. The van der Waals surface area contributed by atoms with E-state index in [-0.39, 0.29) is 5.78 Å². The highest BCUT2D eigenvalue weighted by molar-refractivity contribution is 5.94. The number of carbonyl (C=O) groups is 1. The summed E-state index contributed by atoms with van der Waals surface area (Å²) in [4.78, 5) is 11.3. The van der Waals surface area contributed by atoms with Crippen LogP contribution in [0.1, 0.15) is 131 Å². The third-order valence-corrected chi connectivity index (χ3v) is 11.7. The Hall–Kier alpha value is -1.07. The molecule has 3 fully saturated rings. The van der Waals surface area contributed by atoms with E-state index in [1.807, 2.05) is 0 Å². The van der Waals surface area contributed by atoms with Gasteiger partial charge >= 0.3 is 0 Å². The van der Waals surface area contributed by atoms with Gasteiger partial charge in [-0.25, -0.2) is 0 Å². The van der Waals surface area contributed by atoms with Crippen molar-refractivity contribution in [3.05, 3.63) is 11.6 Å². The highest BCUT2D eigenvalue weighted by Crippen LogP contribution is 2.66. The molecule has 208 valence electrons. The van der Waals surface area contributed by atoms with Gasteiger partial charge in [-0.1, -0.05) is 72.0 Å². The van der Waals surface area contributed by atoms with Gasteiger partial charge in [0.1, 0.15) is 0 Å². The second-order valence-corrected chi connectivity index (χ2v) is 14.6. The molecule has 4 rings (SSSR count). The summed E-state index contributed by atoms with van der Waals surface area (Å²) in [7, 11) is 0. The van der Waals surface area contributed by atoms with Crippen molar-refractivity contribution in [1.29, 1.82) is 0 Å². The molecule has 37 heavy (non-hydrogen) atoms. The van der Waals surface area contributed by atoms with Gasteiger partial charge in [0.15, 0.2) is 0 Å². The Morgan fingerprint density at radius 2 is 1.89 bits per heavy atom. The Bertz CT molecular complexity index is 848. The molecular formula is C35H56O2. The summed E-state index contributed by atoms with van der Waals surface area (Å²) in [6.07, 6.45) is 26.8. The molecule has 0 bridgehead atoms. The van der Waals surface area contributed by atoms with Crippen molar-refractivity contribution in [2.24, 2.45) is 46.3 Å². The Kier molecular flexibility index (Phi) is 9.70. The van der Waals surface area contributed by atoms with E-state index in [1.165, 1.54) is 64.2 Å². The summed E-state index contributed by atoms with van der Waals surface area (Å²) in [5.74, 6) is 7.57. The monoisotopic (exact) mass is 508 g/mol. The van der Waals surface area contributed by atoms with Crippen molar-refractivity contribution in [2.45, 2.75) is 137 Å². The summed E-state index contributed by atoms with van der Waals surface area (Å²) in [5.41, 5.74) is 2.72. The zero-order valence-corrected chi connectivity index (χ0v) is 24.8. The van der Waals surface area contributed by atoms with Crippen LogP contribution >= 0.6 is 0 Å². The maximum absolute atomic E-state index is 11.3. The van der Waals surface area contributed by atoms with Crippen LogP contribution in [0.25, 0.3) is 0 Å². The predicted octanol–water partition coefficient (Wildman–Crippen LogP) is 9.18. The van der Waals surface area contributed by atoms with Crippen LogP contribution in [0.15, 0.2) is 11.6 Å². The highest BCUT2D eigenvalue weighted by atomic mass is 16.5. The normalized spacial score (nSPS) is 37.8. The molecule has 0 aromatic rings. The molecule has 0 saturated heterocycles. The number of terminal acetylenes is 1. The molecule has 2 unspecified atom stereocenters. The van der Waals surface area contributed by atoms with Crippen molar-refractivity contribution in [3.63, 3.8) is 0 Å². The van der Waals surface area contributed by atoms with Crippen molar-refractivity contribution < 1.29 is 9.53 Å². The molecule has 0 amide bonds. The SMILES string of the molecule is C#CC(=O)CCCCCO[C@@H]1CC[C@@]2(C)C(=CC[C@H]3C4CC([C@H](C)CCCC(C)C)C[C@@]4(C)CC[C@@H]32)C1. The summed E-state index contributed by atoms with van der Waals surface area (Å²) < 4.78 is 6.35. The lowest BCUT2D eigenvalue weighted by Gasteiger charge is -2.57. The second-order valence-electron chi connectivity index (χ2n) is 14.6. The lowest BCUT2D eigenvalue weighted by molar-refractivity contribution is -0.113. The Labute approximate surface area is 229 Å². The van der Waals surface area contributed by atoms with E-state index in [1.54, 1.807) is 5.57 Å². The molecule has 0 N–H and O–H groups in total. The van der Waals surface area contributed by atoms with Crippen LogP contribution in [0.2, 0.25) is 0 Å². The van der Waals surface area contributed by atoms with Crippen LogP contribution in [-0.2, 0) is 9.53 Å². The van der Waals surface area contributed by atoms with Crippen LogP contribution in [-0.4, -0.2) is 18.5 Å². The number of ketones is 1. The summed E-state index contributed by atoms with van der Waals surface area (Å²) in [5, 5.41) is 0. The van der Waals surface area contributed by atoms with Gasteiger partial charge in [0.2, 0.25) is 5.78 Å². The van der Waals surface area contributed by atoms with E-state index in [4.69, 9.17) is 11.2 Å². The van der Waals surface area contributed by atoms with E-state index in [9.17, 15) is 4.79 Å². The zero-order chi connectivity index (χ0) is 26.6. The number of hydrogen-bond donors (Lipinski definition) is 0. The van der Waals surface area contributed by atoms with Crippen molar-refractivity contribution in [2.75, 3.05) is 6.61 Å². The predicted molar refractivity (Wildman–Crippen MR) is 155 cm³/mol. The first-order valence-corrected chi connectivity index (χ1v) is 16.0. The van der Waals surface area contributed by atoms with Crippen LogP contribution in [0, 0.1) is 58.7 Å². The molecule has 0 aromatic heterocycles. The molecule has 0 radical (unpaired) electrons. The fourth-order valence-corrected chi connectivity index (χ4v) is 9.29. The molecule has 2 heteroatoms. The molecule has 0 heterocycles. The maximum Gasteiger partial charge on any atom is 0.205 e. The van der Waals surface area contributed by atoms with Crippen molar-refractivity contribution in [1.82, 2.24) is 0 Å². The number of hydrogen-bond acceptors (Lipinski definition) is 2. The van der Waals surface area contributed by atoms with Crippen LogP contribution in [0.4, 0.5) is 0 Å². The van der Waals surface area contributed by atoms with Gasteiger partial charge in [-0.2, -0.15) is 0 Å². The fraction of sp³-hybridized carbons (Fsp3) is 0.857. The Morgan fingerprint density at radius 3 is 2.65 bits per heavy atom.